The number of amides is 1. The summed E-state index contributed by atoms with van der Waals surface area (Å²) in [6, 6.07) is 17.4. The highest BCUT2D eigenvalue weighted by Crippen LogP contribution is 2.49. The van der Waals surface area contributed by atoms with Crippen molar-refractivity contribution < 1.29 is 4.79 Å². The van der Waals surface area contributed by atoms with E-state index in [-0.39, 0.29) is 0 Å². The molecule has 0 aromatic heterocycles. The summed E-state index contributed by atoms with van der Waals surface area (Å²) in [5.74, 6) is 1.10. The molecule has 1 amide bonds. The zero-order valence-electron chi connectivity index (χ0n) is 19.3. The second-order valence-electron chi connectivity index (χ2n) is 9.39. The molecule has 4 nitrogen and oxygen atoms in total. The maximum atomic E-state index is 11.8. The van der Waals surface area contributed by atoms with Crippen LogP contribution in [-0.2, 0) is 0 Å². The molecule has 0 spiro atoms. The van der Waals surface area contributed by atoms with Gasteiger partial charge in [-0.1, -0.05) is 41.9 Å². The lowest BCUT2D eigenvalue weighted by atomic mass is 10.00. The molecule has 6 heteroatoms. The number of fused-ring (bicyclic) bond motifs is 1. The molecule has 3 aromatic rings. The van der Waals surface area contributed by atoms with Crippen molar-refractivity contribution in [3.8, 4) is 11.1 Å². The summed E-state index contributed by atoms with van der Waals surface area (Å²) in [6.07, 6.45) is 1.32. The smallest absolute Gasteiger partial charge is 0.248 e. The fraction of sp³-hybridized carbons (Fsp3) is 0.250. The van der Waals surface area contributed by atoms with Gasteiger partial charge in [0.1, 0.15) is 0 Å². The standard InChI is InChI=1S/C28H27Cl2N3O/c1-16-10-22(29)6-7-23(16)17(2)32(3)26-9-5-18(13-27(26)33-14-20-11-21(20)15-33)24-12-19(28(31)34)4-8-25(24)30/h4-10,12-13,20-21H,2,11,14-15H2,1,3H3,(H2,31,34). The summed E-state index contributed by atoms with van der Waals surface area (Å²) >= 11 is 12.7. The Labute approximate surface area is 210 Å². The Morgan fingerprint density at radius 1 is 1.06 bits per heavy atom. The molecule has 2 atom stereocenters. The van der Waals surface area contributed by atoms with Crippen molar-refractivity contribution in [2.45, 2.75) is 13.3 Å². The van der Waals surface area contributed by atoms with E-state index in [1.54, 1.807) is 18.2 Å². The topological polar surface area (TPSA) is 49.6 Å². The molecule has 34 heavy (non-hydrogen) atoms. The van der Waals surface area contributed by atoms with E-state index in [1.807, 2.05) is 38.2 Å². The van der Waals surface area contributed by atoms with Gasteiger partial charge in [-0.05, 0) is 78.8 Å². The third kappa shape index (κ3) is 4.17. The monoisotopic (exact) mass is 491 g/mol. The zero-order valence-corrected chi connectivity index (χ0v) is 20.8. The van der Waals surface area contributed by atoms with Crippen LogP contribution in [0.3, 0.4) is 0 Å². The second kappa shape index (κ2) is 8.68. The lowest BCUT2D eigenvalue weighted by molar-refractivity contribution is 0.100. The third-order valence-electron chi connectivity index (χ3n) is 7.12. The largest absolute Gasteiger partial charge is 0.369 e. The average molecular weight is 492 g/mol. The van der Waals surface area contributed by atoms with Crippen LogP contribution in [0.15, 0.2) is 61.2 Å². The molecule has 1 heterocycles. The maximum absolute atomic E-state index is 11.8. The number of piperidine rings is 1. The van der Waals surface area contributed by atoms with E-state index in [2.05, 4.69) is 28.5 Å². The second-order valence-corrected chi connectivity index (χ2v) is 10.2. The van der Waals surface area contributed by atoms with Crippen molar-refractivity contribution in [3.63, 3.8) is 0 Å². The Bertz CT molecular complexity index is 1310. The first kappa shape index (κ1) is 22.8. The van der Waals surface area contributed by atoms with Crippen molar-refractivity contribution >= 4 is 46.2 Å². The van der Waals surface area contributed by atoms with E-state index in [4.69, 9.17) is 28.9 Å². The Morgan fingerprint density at radius 2 is 1.79 bits per heavy atom. The van der Waals surface area contributed by atoms with Gasteiger partial charge >= 0.3 is 0 Å². The van der Waals surface area contributed by atoms with Crippen LogP contribution in [0.5, 0.6) is 0 Å². The first-order valence-corrected chi connectivity index (χ1v) is 12.2. The number of nitrogens with zero attached hydrogens (tertiary/aromatic N) is 2. The summed E-state index contributed by atoms with van der Waals surface area (Å²) in [5.41, 5.74) is 13.0. The van der Waals surface area contributed by atoms with Gasteiger partial charge in [0.05, 0.1) is 11.4 Å². The van der Waals surface area contributed by atoms with Gasteiger partial charge in [0.25, 0.3) is 0 Å². The Balaban J connectivity index is 1.57. The average Bonchev–Trinajstić information content (AvgIpc) is 3.42. The van der Waals surface area contributed by atoms with E-state index in [0.29, 0.717) is 15.6 Å². The Morgan fingerprint density at radius 3 is 2.47 bits per heavy atom. The highest BCUT2D eigenvalue weighted by molar-refractivity contribution is 6.33. The minimum atomic E-state index is -0.469. The van der Waals surface area contributed by atoms with Gasteiger partial charge in [-0.2, -0.15) is 0 Å². The molecule has 2 aliphatic rings. The maximum Gasteiger partial charge on any atom is 0.248 e. The lowest BCUT2D eigenvalue weighted by Crippen LogP contribution is -2.25. The van der Waals surface area contributed by atoms with Crippen LogP contribution in [-0.4, -0.2) is 26.0 Å². The molecule has 2 N–H and O–H groups in total. The van der Waals surface area contributed by atoms with Gasteiger partial charge in [0, 0.05) is 52.6 Å². The zero-order chi connectivity index (χ0) is 24.1. The molecule has 1 aliphatic carbocycles. The van der Waals surface area contributed by atoms with Crippen molar-refractivity contribution in [3.05, 3.63) is 87.9 Å². The predicted molar refractivity (Wildman–Crippen MR) is 143 cm³/mol. The van der Waals surface area contributed by atoms with Gasteiger partial charge < -0.3 is 15.5 Å². The normalized spacial score (nSPS) is 18.5. The van der Waals surface area contributed by atoms with E-state index in [9.17, 15) is 4.79 Å². The number of benzene rings is 3. The molecule has 174 valence electrons. The fourth-order valence-corrected chi connectivity index (χ4v) is 5.45. The molecule has 3 aromatic carbocycles. The van der Waals surface area contributed by atoms with Crippen molar-refractivity contribution in [2.24, 2.45) is 17.6 Å². The van der Waals surface area contributed by atoms with Gasteiger partial charge in [0.15, 0.2) is 0 Å². The molecule has 1 aliphatic heterocycles. The first-order valence-electron chi connectivity index (χ1n) is 11.4. The van der Waals surface area contributed by atoms with E-state index in [1.165, 1.54) is 6.42 Å². The SMILES string of the molecule is C=C(c1ccc(Cl)cc1C)N(C)c1ccc(-c2cc(C(N)=O)ccc2Cl)cc1N1CC2CC2C1. The molecule has 0 bridgehead atoms. The number of carbonyl (C=O) groups is 1. The quantitative estimate of drug-likeness (QED) is 0.420. The number of rotatable bonds is 6. The first-order chi connectivity index (χ1) is 16.2. The van der Waals surface area contributed by atoms with Gasteiger partial charge in [-0.25, -0.2) is 0 Å². The summed E-state index contributed by atoms with van der Waals surface area (Å²) < 4.78 is 0. The van der Waals surface area contributed by atoms with Gasteiger partial charge in [-0.3, -0.25) is 4.79 Å². The minimum Gasteiger partial charge on any atom is -0.369 e. The summed E-state index contributed by atoms with van der Waals surface area (Å²) in [5, 5.41) is 1.30. The summed E-state index contributed by atoms with van der Waals surface area (Å²) in [6.45, 7) is 8.55. The van der Waals surface area contributed by atoms with Gasteiger partial charge in [0.2, 0.25) is 5.91 Å². The highest BCUT2D eigenvalue weighted by Gasteiger charge is 2.45. The number of hydrogen-bond donors (Lipinski definition) is 1. The van der Waals surface area contributed by atoms with E-state index < -0.39 is 5.91 Å². The van der Waals surface area contributed by atoms with Gasteiger partial charge in [-0.15, -0.1) is 0 Å². The molecule has 2 fully saturated rings. The van der Waals surface area contributed by atoms with Crippen LogP contribution < -0.4 is 15.5 Å². The number of hydrogen-bond acceptors (Lipinski definition) is 3. The predicted octanol–water partition coefficient (Wildman–Crippen LogP) is 6.63. The summed E-state index contributed by atoms with van der Waals surface area (Å²) in [7, 11) is 2.05. The van der Waals surface area contributed by atoms with Crippen LogP contribution in [0.4, 0.5) is 11.4 Å². The van der Waals surface area contributed by atoms with Crippen LogP contribution >= 0.6 is 23.2 Å². The Hall–Kier alpha value is -2.95. The van der Waals surface area contributed by atoms with Crippen LogP contribution in [0.2, 0.25) is 10.0 Å². The number of carbonyl (C=O) groups excluding carboxylic acids is 1. The number of primary amides is 1. The van der Waals surface area contributed by atoms with Crippen LogP contribution in [0, 0.1) is 18.8 Å². The number of aryl methyl sites for hydroxylation is 1. The fourth-order valence-electron chi connectivity index (χ4n) is 5.00. The molecule has 0 radical (unpaired) electrons. The number of anilines is 2. The number of halogens is 2. The minimum absolute atomic E-state index is 0.441. The van der Waals surface area contributed by atoms with Crippen molar-refractivity contribution in [1.29, 1.82) is 0 Å². The molecule has 2 unspecified atom stereocenters. The summed E-state index contributed by atoms with van der Waals surface area (Å²) in [4.78, 5) is 16.4. The van der Waals surface area contributed by atoms with Crippen molar-refractivity contribution in [1.82, 2.24) is 0 Å². The Kier molecular flexibility index (Phi) is 5.83. The van der Waals surface area contributed by atoms with Crippen LogP contribution in [0.25, 0.3) is 16.8 Å². The van der Waals surface area contributed by atoms with Crippen molar-refractivity contribution in [2.75, 3.05) is 29.9 Å². The molecule has 1 saturated carbocycles. The highest BCUT2D eigenvalue weighted by atomic mass is 35.5. The molecule has 1 saturated heterocycles. The van der Waals surface area contributed by atoms with E-state index in [0.717, 1.165) is 64.3 Å². The van der Waals surface area contributed by atoms with Crippen LogP contribution in [0.1, 0.15) is 27.9 Å². The number of nitrogens with two attached hydrogens (primary N) is 1. The third-order valence-corrected chi connectivity index (χ3v) is 7.69. The molecular weight excluding hydrogens is 465 g/mol. The lowest BCUT2D eigenvalue weighted by Gasteiger charge is -2.31. The van der Waals surface area contributed by atoms with E-state index >= 15 is 0 Å². The molecular formula is C28H27Cl2N3O. The molecule has 5 rings (SSSR count).